The molecule has 1 aliphatic carbocycles. The molecule has 21 heavy (non-hydrogen) atoms. The summed E-state index contributed by atoms with van der Waals surface area (Å²) in [6.07, 6.45) is 3.76. The number of fused-ring (bicyclic) bond motifs is 1. The monoisotopic (exact) mass is 344 g/mol. The van der Waals surface area contributed by atoms with Crippen LogP contribution in [0.2, 0.25) is 0 Å². The fraction of sp³-hybridized carbons (Fsp3) is 0.333. The van der Waals surface area contributed by atoms with Crippen LogP contribution in [-0.4, -0.2) is 13.6 Å². The summed E-state index contributed by atoms with van der Waals surface area (Å²) in [6, 6.07) is 15.0. The third-order valence-electron chi connectivity index (χ3n) is 4.39. The lowest BCUT2D eigenvalue weighted by Gasteiger charge is -2.31. The molecule has 2 aromatic rings. The van der Waals surface area contributed by atoms with Crippen molar-refractivity contribution in [2.75, 3.05) is 24.2 Å². The fourth-order valence-electron chi connectivity index (χ4n) is 3.35. The van der Waals surface area contributed by atoms with E-state index in [4.69, 9.17) is 5.73 Å². The largest absolute Gasteiger partial charge is 0.397 e. The fourth-order valence-corrected chi connectivity index (χ4v) is 3.72. The van der Waals surface area contributed by atoms with Crippen LogP contribution < -0.4 is 10.6 Å². The summed E-state index contributed by atoms with van der Waals surface area (Å²) >= 11 is 3.47. The standard InChI is InChI=1S/C18H21BrN2/c1-21(18-10-9-15(19)11-17(18)20)12-14-7-4-6-13-5-2-3-8-16(13)14/h2-3,5,8-11,14H,4,6-7,12,20H2,1H3. The second-order valence-electron chi connectivity index (χ2n) is 5.87. The van der Waals surface area contributed by atoms with E-state index in [0.717, 1.165) is 22.4 Å². The number of nitrogen functional groups attached to an aromatic ring is 1. The lowest BCUT2D eigenvalue weighted by Crippen LogP contribution is -2.27. The molecule has 0 aliphatic heterocycles. The zero-order chi connectivity index (χ0) is 14.8. The number of benzene rings is 2. The van der Waals surface area contributed by atoms with Gasteiger partial charge in [-0.1, -0.05) is 40.2 Å². The van der Waals surface area contributed by atoms with Gasteiger partial charge in [-0.05, 0) is 48.6 Å². The van der Waals surface area contributed by atoms with Crippen LogP contribution in [0.15, 0.2) is 46.9 Å². The average Bonchev–Trinajstić information content (AvgIpc) is 2.47. The van der Waals surface area contributed by atoms with Gasteiger partial charge < -0.3 is 10.6 Å². The third-order valence-corrected chi connectivity index (χ3v) is 4.88. The molecule has 3 heteroatoms. The number of rotatable bonds is 3. The van der Waals surface area contributed by atoms with Crippen molar-refractivity contribution in [2.45, 2.75) is 25.2 Å². The van der Waals surface area contributed by atoms with Gasteiger partial charge in [-0.15, -0.1) is 0 Å². The number of halogens is 1. The highest BCUT2D eigenvalue weighted by molar-refractivity contribution is 9.10. The minimum absolute atomic E-state index is 0.600. The van der Waals surface area contributed by atoms with Crippen molar-refractivity contribution in [3.8, 4) is 0 Å². The molecule has 1 atom stereocenters. The SMILES string of the molecule is CN(CC1CCCc2ccccc21)c1ccc(Br)cc1N. The molecule has 110 valence electrons. The Balaban J connectivity index is 1.81. The predicted octanol–water partition coefficient (Wildman–Crippen LogP) is 4.59. The first-order valence-electron chi connectivity index (χ1n) is 7.49. The lowest BCUT2D eigenvalue weighted by molar-refractivity contribution is 0.551. The Morgan fingerprint density at radius 1 is 1.24 bits per heavy atom. The van der Waals surface area contributed by atoms with Crippen LogP contribution in [0.25, 0.3) is 0 Å². The van der Waals surface area contributed by atoms with Crippen LogP contribution in [0.1, 0.15) is 29.9 Å². The molecule has 0 aromatic heterocycles. The van der Waals surface area contributed by atoms with Gasteiger partial charge in [0.2, 0.25) is 0 Å². The third kappa shape index (κ3) is 3.08. The van der Waals surface area contributed by atoms with Crippen LogP contribution in [0.3, 0.4) is 0 Å². The van der Waals surface area contributed by atoms with E-state index in [9.17, 15) is 0 Å². The maximum Gasteiger partial charge on any atom is 0.0598 e. The summed E-state index contributed by atoms with van der Waals surface area (Å²) in [5.74, 6) is 0.600. The van der Waals surface area contributed by atoms with Crippen molar-refractivity contribution in [1.29, 1.82) is 0 Å². The number of hydrogen-bond donors (Lipinski definition) is 1. The molecule has 2 N–H and O–H groups in total. The Labute approximate surface area is 135 Å². The highest BCUT2D eigenvalue weighted by Crippen LogP contribution is 2.34. The Kier molecular flexibility index (Phi) is 4.20. The van der Waals surface area contributed by atoms with Gasteiger partial charge in [-0.25, -0.2) is 0 Å². The summed E-state index contributed by atoms with van der Waals surface area (Å²) in [5.41, 5.74) is 11.1. The summed E-state index contributed by atoms with van der Waals surface area (Å²) in [4.78, 5) is 2.29. The van der Waals surface area contributed by atoms with E-state index in [1.54, 1.807) is 0 Å². The Bertz CT molecular complexity index is 639. The smallest absolute Gasteiger partial charge is 0.0598 e. The van der Waals surface area contributed by atoms with Crippen molar-refractivity contribution in [3.63, 3.8) is 0 Å². The molecule has 0 heterocycles. The molecule has 1 aliphatic rings. The van der Waals surface area contributed by atoms with Gasteiger partial charge in [-0.3, -0.25) is 0 Å². The van der Waals surface area contributed by atoms with E-state index in [1.165, 1.54) is 30.4 Å². The Morgan fingerprint density at radius 3 is 2.86 bits per heavy atom. The number of likely N-dealkylation sites (N-methyl/N-ethyl adjacent to an activating group) is 1. The molecule has 2 aromatic carbocycles. The van der Waals surface area contributed by atoms with Crippen LogP contribution >= 0.6 is 15.9 Å². The van der Waals surface area contributed by atoms with E-state index >= 15 is 0 Å². The number of nitrogens with two attached hydrogens (primary N) is 1. The molecule has 0 saturated carbocycles. The molecule has 0 amide bonds. The van der Waals surface area contributed by atoms with Crippen molar-refractivity contribution in [1.82, 2.24) is 0 Å². The first-order chi connectivity index (χ1) is 10.1. The minimum atomic E-state index is 0.600. The summed E-state index contributed by atoms with van der Waals surface area (Å²) < 4.78 is 1.03. The second kappa shape index (κ2) is 6.10. The van der Waals surface area contributed by atoms with Gasteiger partial charge in [-0.2, -0.15) is 0 Å². The molecule has 1 unspecified atom stereocenters. The Hall–Kier alpha value is -1.48. The molecule has 0 saturated heterocycles. The van der Waals surface area contributed by atoms with Crippen molar-refractivity contribution in [2.24, 2.45) is 0 Å². The summed E-state index contributed by atoms with van der Waals surface area (Å²) in [7, 11) is 2.14. The van der Waals surface area contributed by atoms with E-state index in [-0.39, 0.29) is 0 Å². The maximum atomic E-state index is 6.15. The van der Waals surface area contributed by atoms with Crippen LogP contribution in [0.5, 0.6) is 0 Å². The van der Waals surface area contributed by atoms with Gasteiger partial charge in [0.1, 0.15) is 0 Å². The molecule has 2 nitrogen and oxygen atoms in total. The van der Waals surface area contributed by atoms with E-state index in [2.05, 4.69) is 64.3 Å². The van der Waals surface area contributed by atoms with Gasteiger partial charge in [0.05, 0.1) is 11.4 Å². The summed E-state index contributed by atoms with van der Waals surface area (Å²) in [5, 5.41) is 0. The van der Waals surface area contributed by atoms with E-state index in [1.807, 2.05) is 6.07 Å². The second-order valence-corrected chi connectivity index (χ2v) is 6.79. The number of aryl methyl sites for hydroxylation is 1. The molecular formula is C18H21BrN2. The maximum absolute atomic E-state index is 6.15. The topological polar surface area (TPSA) is 29.3 Å². The van der Waals surface area contributed by atoms with Gasteiger partial charge >= 0.3 is 0 Å². The zero-order valence-electron chi connectivity index (χ0n) is 12.3. The van der Waals surface area contributed by atoms with Crippen molar-refractivity contribution in [3.05, 3.63) is 58.1 Å². The highest BCUT2D eigenvalue weighted by Gasteiger charge is 2.21. The van der Waals surface area contributed by atoms with Crippen molar-refractivity contribution < 1.29 is 0 Å². The van der Waals surface area contributed by atoms with E-state index < -0.39 is 0 Å². The highest BCUT2D eigenvalue weighted by atomic mass is 79.9. The number of anilines is 2. The first kappa shape index (κ1) is 14.5. The van der Waals surface area contributed by atoms with Gasteiger partial charge in [0.15, 0.2) is 0 Å². The van der Waals surface area contributed by atoms with Gasteiger partial charge in [0, 0.05) is 24.0 Å². The van der Waals surface area contributed by atoms with Gasteiger partial charge in [0.25, 0.3) is 0 Å². The van der Waals surface area contributed by atoms with Crippen molar-refractivity contribution >= 4 is 27.3 Å². The normalized spacial score (nSPS) is 17.3. The minimum Gasteiger partial charge on any atom is -0.397 e. The van der Waals surface area contributed by atoms with Crippen LogP contribution in [-0.2, 0) is 6.42 Å². The lowest BCUT2D eigenvalue weighted by atomic mass is 9.82. The molecule has 0 fully saturated rings. The van der Waals surface area contributed by atoms with Crippen LogP contribution in [0.4, 0.5) is 11.4 Å². The first-order valence-corrected chi connectivity index (χ1v) is 8.28. The zero-order valence-corrected chi connectivity index (χ0v) is 13.9. The predicted molar refractivity (Wildman–Crippen MR) is 93.9 cm³/mol. The molecule has 0 spiro atoms. The molecule has 3 rings (SSSR count). The number of hydrogen-bond acceptors (Lipinski definition) is 2. The van der Waals surface area contributed by atoms with Crippen LogP contribution in [0, 0.1) is 0 Å². The average molecular weight is 345 g/mol. The molecule has 0 bridgehead atoms. The molecule has 0 radical (unpaired) electrons. The number of nitrogens with zero attached hydrogens (tertiary/aromatic N) is 1. The van der Waals surface area contributed by atoms with E-state index in [0.29, 0.717) is 5.92 Å². The quantitative estimate of drug-likeness (QED) is 0.825. The molecular weight excluding hydrogens is 324 g/mol. The Morgan fingerprint density at radius 2 is 2.05 bits per heavy atom. The summed E-state index contributed by atoms with van der Waals surface area (Å²) in [6.45, 7) is 1.02.